The van der Waals surface area contributed by atoms with Crippen LogP contribution < -0.4 is 10.6 Å². The van der Waals surface area contributed by atoms with E-state index in [4.69, 9.17) is 14.1 Å². The van der Waals surface area contributed by atoms with Crippen LogP contribution in [-0.4, -0.2) is 62.3 Å². The summed E-state index contributed by atoms with van der Waals surface area (Å²) in [4.78, 5) is 7.60. The van der Waals surface area contributed by atoms with Gasteiger partial charge in [0, 0.05) is 38.3 Å². The molecule has 2 aliphatic rings. The molecule has 2 saturated heterocycles. The minimum absolute atomic E-state index is 0. The number of hydrogen-bond donors (Lipinski definition) is 2. The number of nitrogens with zero attached hydrogens (tertiary/aromatic N) is 2. The monoisotopic (exact) mass is 476 g/mol. The molecule has 3 heterocycles. The lowest BCUT2D eigenvalue weighted by Gasteiger charge is -2.43. The summed E-state index contributed by atoms with van der Waals surface area (Å²) in [6.45, 7) is 8.76. The lowest BCUT2D eigenvalue weighted by molar-refractivity contribution is -0.0139. The van der Waals surface area contributed by atoms with E-state index in [1.54, 1.807) is 6.26 Å². The number of guanidine groups is 1. The Labute approximate surface area is 174 Å². The largest absolute Gasteiger partial charge is 0.469 e. The van der Waals surface area contributed by atoms with Crippen LogP contribution in [0.2, 0.25) is 0 Å². The zero-order chi connectivity index (χ0) is 17.4. The zero-order valence-electron chi connectivity index (χ0n) is 15.8. The van der Waals surface area contributed by atoms with Crippen LogP contribution in [0.5, 0.6) is 0 Å². The van der Waals surface area contributed by atoms with Crippen LogP contribution in [-0.2, 0) is 11.2 Å². The zero-order valence-corrected chi connectivity index (χ0v) is 18.2. The lowest BCUT2D eigenvalue weighted by atomic mass is 9.88. The fraction of sp³-hybridized carbons (Fsp3) is 0.737. The Hall–Kier alpha value is -0.800. The van der Waals surface area contributed by atoms with Gasteiger partial charge < -0.3 is 19.8 Å². The first-order valence-electron chi connectivity index (χ1n) is 9.70. The fourth-order valence-corrected chi connectivity index (χ4v) is 3.84. The molecule has 3 rings (SSSR count). The molecule has 0 spiro atoms. The molecule has 0 saturated carbocycles. The second-order valence-corrected chi connectivity index (χ2v) is 6.98. The molecule has 7 heteroatoms. The summed E-state index contributed by atoms with van der Waals surface area (Å²) in [5.41, 5.74) is 0.179. The third-order valence-electron chi connectivity index (χ3n) is 5.32. The van der Waals surface area contributed by atoms with Crippen LogP contribution in [0.3, 0.4) is 0 Å². The van der Waals surface area contributed by atoms with E-state index in [-0.39, 0.29) is 29.5 Å². The Morgan fingerprint density at radius 3 is 2.65 bits per heavy atom. The highest BCUT2D eigenvalue weighted by atomic mass is 127. The van der Waals surface area contributed by atoms with E-state index in [1.165, 1.54) is 25.9 Å². The van der Waals surface area contributed by atoms with Crippen LogP contribution in [0, 0.1) is 0 Å². The van der Waals surface area contributed by atoms with Crippen LogP contribution in [0.1, 0.15) is 38.4 Å². The van der Waals surface area contributed by atoms with Crippen molar-refractivity contribution in [1.82, 2.24) is 15.5 Å². The number of nitrogens with one attached hydrogen (secondary N) is 2. The van der Waals surface area contributed by atoms with E-state index < -0.39 is 0 Å². The van der Waals surface area contributed by atoms with Crippen LogP contribution in [0.4, 0.5) is 0 Å². The van der Waals surface area contributed by atoms with Gasteiger partial charge >= 0.3 is 0 Å². The van der Waals surface area contributed by atoms with Crippen molar-refractivity contribution in [1.29, 1.82) is 0 Å². The standard InChI is InChI=1S/C19H32N4O2.HI/c1-2-20-18(21-10-7-17-6-5-13-25-17)22-16-19(8-14-24-15-9-19)23-11-3-4-12-23;/h5-6,13H,2-4,7-12,14-16H2,1H3,(H2,20,21,22);1H. The van der Waals surface area contributed by atoms with E-state index in [2.05, 4.69) is 22.5 Å². The molecule has 2 fully saturated rings. The van der Waals surface area contributed by atoms with Gasteiger partial charge in [-0.05, 0) is 57.8 Å². The molecule has 0 atom stereocenters. The van der Waals surface area contributed by atoms with Crippen molar-refractivity contribution in [2.75, 3.05) is 45.9 Å². The van der Waals surface area contributed by atoms with Crippen molar-refractivity contribution in [3.63, 3.8) is 0 Å². The van der Waals surface area contributed by atoms with Gasteiger partial charge in [0.2, 0.25) is 0 Å². The van der Waals surface area contributed by atoms with Gasteiger partial charge in [-0.2, -0.15) is 0 Å². The number of ether oxygens (including phenoxy) is 1. The minimum Gasteiger partial charge on any atom is -0.469 e. The summed E-state index contributed by atoms with van der Waals surface area (Å²) in [6, 6.07) is 3.94. The molecule has 26 heavy (non-hydrogen) atoms. The van der Waals surface area contributed by atoms with Gasteiger partial charge in [0.1, 0.15) is 5.76 Å². The van der Waals surface area contributed by atoms with Gasteiger partial charge in [-0.3, -0.25) is 9.89 Å². The van der Waals surface area contributed by atoms with E-state index in [0.29, 0.717) is 0 Å². The van der Waals surface area contributed by atoms with Crippen LogP contribution in [0.25, 0.3) is 0 Å². The third kappa shape index (κ3) is 5.85. The van der Waals surface area contributed by atoms with E-state index >= 15 is 0 Å². The maximum absolute atomic E-state index is 5.63. The van der Waals surface area contributed by atoms with Crippen molar-refractivity contribution in [2.24, 2.45) is 4.99 Å². The minimum atomic E-state index is 0. The van der Waals surface area contributed by atoms with Gasteiger partial charge in [-0.1, -0.05) is 0 Å². The van der Waals surface area contributed by atoms with Gasteiger partial charge in [-0.25, -0.2) is 0 Å². The Morgan fingerprint density at radius 1 is 1.23 bits per heavy atom. The summed E-state index contributed by atoms with van der Waals surface area (Å²) >= 11 is 0. The molecule has 0 aromatic carbocycles. The fourth-order valence-electron chi connectivity index (χ4n) is 3.84. The predicted octanol–water partition coefficient (Wildman–Crippen LogP) is 2.64. The Balaban J connectivity index is 0.00000243. The molecule has 6 nitrogen and oxygen atoms in total. The predicted molar refractivity (Wildman–Crippen MR) is 115 cm³/mol. The molecule has 2 N–H and O–H groups in total. The molecule has 0 amide bonds. The highest BCUT2D eigenvalue weighted by Gasteiger charge is 2.39. The number of halogens is 1. The first-order chi connectivity index (χ1) is 12.3. The van der Waals surface area contributed by atoms with E-state index in [9.17, 15) is 0 Å². The summed E-state index contributed by atoms with van der Waals surface area (Å²) in [5.74, 6) is 1.90. The highest BCUT2D eigenvalue weighted by molar-refractivity contribution is 14.0. The number of hydrogen-bond acceptors (Lipinski definition) is 4. The molecule has 2 aliphatic heterocycles. The second-order valence-electron chi connectivity index (χ2n) is 6.98. The van der Waals surface area contributed by atoms with Crippen molar-refractivity contribution in [2.45, 2.75) is 44.6 Å². The normalized spacial score (nSPS) is 20.6. The molecule has 0 radical (unpaired) electrons. The molecule has 0 unspecified atom stereocenters. The summed E-state index contributed by atoms with van der Waals surface area (Å²) in [7, 11) is 0. The molecular formula is C19H33IN4O2. The molecular weight excluding hydrogens is 443 g/mol. The molecule has 1 aromatic heterocycles. The summed E-state index contributed by atoms with van der Waals surface area (Å²) in [5, 5.41) is 6.80. The van der Waals surface area contributed by atoms with Crippen LogP contribution >= 0.6 is 24.0 Å². The molecule has 0 aliphatic carbocycles. The molecule has 148 valence electrons. The van der Waals surface area contributed by atoms with Crippen molar-refractivity contribution < 1.29 is 9.15 Å². The number of likely N-dealkylation sites (tertiary alicyclic amines) is 1. The lowest BCUT2D eigenvalue weighted by Crippen LogP contribution is -2.54. The topological polar surface area (TPSA) is 62.0 Å². The average molecular weight is 476 g/mol. The maximum atomic E-state index is 5.63. The van der Waals surface area contributed by atoms with Gasteiger partial charge in [0.25, 0.3) is 0 Å². The third-order valence-corrected chi connectivity index (χ3v) is 5.32. The first kappa shape index (κ1) is 21.5. The van der Waals surface area contributed by atoms with E-state index in [0.717, 1.165) is 63.8 Å². The number of rotatable bonds is 7. The van der Waals surface area contributed by atoms with Gasteiger partial charge in [0.15, 0.2) is 5.96 Å². The van der Waals surface area contributed by atoms with E-state index in [1.807, 2.05) is 12.1 Å². The average Bonchev–Trinajstić information content (AvgIpc) is 3.34. The van der Waals surface area contributed by atoms with Gasteiger partial charge in [0.05, 0.1) is 12.8 Å². The number of furan rings is 1. The van der Waals surface area contributed by atoms with Crippen molar-refractivity contribution >= 4 is 29.9 Å². The first-order valence-corrected chi connectivity index (χ1v) is 9.70. The maximum Gasteiger partial charge on any atom is 0.191 e. The molecule has 1 aromatic rings. The second kappa shape index (κ2) is 11.1. The smallest absolute Gasteiger partial charge is 0.191 e. The molecule has 0 bridgehead atoms. The highest BCUT2D eigenvalue weighted by Crippen LogP contribution is 2.31. The van der Waals surface area contributed by atoms with Crippen molar-refractivity contribution in [3.05, 3.63) is 24.2 Å². The van der Waals surface area contributed by atoms with Crippen LogP contribution in [0.15, 0.2) is 27.8 Å². The quantitative estimate of drug-likeness (QED) is 0.360. The summed E-state index contributed by atoms with van der Waals surface area (Å²) in [6.07, 6.45) is 7.38. The Bertz CT molecular complexity index is 524. The van der Waals surface area contributed by atoms with Gasteiger partial charge in [-0.15, -0.1) is 24.0 Å². The Morgan fingerprint density at radius 2 is 2.00 bits per heavy atom. The number of aliphatic imine (C=N–C) groups is 1. The van der Waals surface area contributed by atoms with Crippen molar-refractivity contribution in [3.8, 4) is 0 Å². The SMILES string of the molecule is CCNC(=NCC1(N2CCCC2)CCOCC1)NCCc1ccco1.I. The summed E-state index contributed by atoms with van der Waals surface area (Å²) < 4.78 is 11.0. The Kier molecular flexibility index (Phi) is 9.21.